The van der Waals surface area contributed by atoms with Crippen molar-refractivity contribution in [1.29, 1.82) is 0 Å². The van der Waals surface area contributed by atoms with E-state index < -0.39 is 5.97 Å². The lowest BCUT2D eigenvalue weighted by Gasteiger charge is -2.36. The Kier molecular flexibility index (Phi) is 5.05. The number of aromatic nitrogens is 1. The van der Waals surface area contributed by atoms with E-state index in [0.29, 0.717) is 11.8 Å². The standard InChI is InChI=1S/C24H26FNO2/c1-24(21-8-3-2-5-17(21)14-22(24)23(27)28)12-11-20-10-9-18(15-26-20)16-6-4-7-19(25)13-16/h4,6-7,9-13,15,17,21-22H,2-3,5,8,14H2,1H3,(H,27,28)/t17-,21-,22-,24+/m1/s1. The van der Waals surface area contributed by atoms with Gasteiger partial charge in [-0.15, -0.1) is 0 Å². The molecule has 0 bridgehead atoms. The van der Waals surface area contributed by atoms with Gasteiger partial charge in [-0.3, -0.25) is 9.78 Å². The van der Waals surface area contributed by atoms with Crippen molar-refractivity contribution in [2.75, 3.05) is 0 Å². The van der Waals surface area contributed by atoms with E-state index in [2.05, 4.69) is 18.0 Å². The number of carbonyl (C=O) groups is 1. The van der Waals surface area contributed by atoms with Gasteiger partial charge in [0.15, 0.2) is 0 Å². The van der Waals surface area contributed by atoms with E-state index in [4.69, 9.17) is 0 Å². The third-order valence-corrected chi connectivity index (χ3v) is 6.85. The molecule has 4 atom stereocenters. The second-order valence-electron chi connectivity index (χ2n) is 8.46. The molecule has 3 nitrogen and oxygen atoms in total. The summed E-state index contributed by atoms with van der Waals surface area (Å²) in [6, 6.07) is 10.3. The van der Waals surface area contributed by atoms with E-state index in [0.717, 1.165) is 36.1 Å². The summed E-state index contributed by atoms with van der Waals surface area (Å²) >= 11 is 0. The molecule has 0 aliphatic heterocycles. The van der Waals surface area contributed by atoms with Gasteiger partial charge >= 0.3 is 5.97 Å². The molecule has 28 heavy (non-hydrogen) atoms. The maximum absolute atomic E-state index is 13.4. The SMILES string of the molecule is C[C@@]1(C=Cc2ccc(-c3cccc(F)c3)cn2)[C@@H](C(=O)O)C[C@H]2CCCC[C@H]21. The fourth-order valence-corrected chi connectivity index (χ4v) is 5.34. The number of hydrogen-bond acceptors (Lipinski definition) is 2. The number of rotatable bonds is 4. The van der Waals surface area contributed by atoms with E-state index in [9.17, 15) is 14.3 Å². The second kappa shape index (κ2) is 7.50. The third kappa shape index (κ3) is 3.48. The molecule has 0 spiro atoms. The van der Waals surface area contributed by atoms with Crippen molar-refractivity contribution >= 4 is 12.0 Å². The van der Waals surface area contributed by atoms with Crippen molar-refractivity contribution in [3.63, 3.8) is 0 Å². The lowest BCUT2D eigenvalue weighted by Crippen LogP contribution is -2.33. The van der Waals surface area contributed by atoms with Gasteiger partial charge < -0.3 is 5.11 Å². The Balaban J connectivity index is 1.57. The second-order valence-corrected chi connectivity index (χ2v) is 8.46. The minimum atomic E-state index is -0.684. The molecule has 1 N–H and O–H groups in total. The summed E-state index contributed by atoms with van der Waals surface area (Å²) in [6.07, 6.45) is 11.2. The van der Waals surface area contributed by atoms with Gasteiger partial charge in [0.25, 0.3) is 0 Å². The molecule has 1 heterocycles. The highest BCUT2D eigenvalue weighted by Crippen LogP contribution is 2.57. The van der Waals surface area contributed by atoms with Crippen LogP contribution in [0.15, 0.2) is 48.7 Å². The van der Waals surface area contributed by atoms with Crippen LogP contribution in [0.2, 0.25) is 0 Å². The number of allylic oxidation sites excluding steroid dienone is 1. The summed E-state index contributed by atoms with van der Waals surface area (Å²) in [5.74, 6) is -0.324. The van der Waals surface area contributed by atoms with Crippen LogP contribution in [0.4, 0.5) is 4.39 Å². The predicted molar refractivity (Wildman–Crippen MR) is 108 cm³/mol. The molecule has 4 rings (SSSR count). The molecule has 2 aromatic rings. The summed E-state index contributed by atoms with van der Waals surface area (Å²) < 4.78 is 13.4. The van der Waals surface area contributed by atoms with Gasteiger partial charge in [0, 0.05) is 17.2 Å². The fraction of sp³-hybridized carbons (Fsp3) is 0.417. The molecule has 0 radical (unpaired) electrons. The zero-order valence-corrected chi connectivity index (χ0v) is 16.1. The Morgan fingerprint density at radius 2 is 2.04 bits per heavy atom. The first-order chi connectivity index (χ1) is 13.5. The van der Waals surface area contributed by atoms with Gasteiger partial charge in [-0.05, 0) is 54.5 Å². The molecule has 1 aromatic heterocycles. The van der Waals surface area contributed by atoms with Crippen LogP contribution in [0, 0.1) is 29.0 Å². The van der Waals surface area contributed by atoms with Crippen LogP contribution in [0.25, 0.3) is 17.2 Å². The molecular weight excluding hydrogens is 353 g/mol. The number of aliphatic carboxylic acids is 1. The average molecular weight is 379 g/mol. The summed E-state index contributed by atoms with van der Waals surface area (Å²) in [5.41, 5.74) is 2.12. The Labute approximate surface area is 165 Å². The van der Waals surface area contributed by atoms with Crippen molar-refractivity contribution in [2.45, 2.75) is 39.0 Å². The largest absolute Gasteiger partial charge is 0.481 e. The Hall–Kier alpha value is -2.49. The molecule has 2 aliphatic rings. The smallest absolute Gasteiger partial charge is 0.307 e. The first kappa shape index (κ1) is 18.9. The van der Waals surface area contributed by atoms with Crippen molar-refractivity contribution in [3.05, 3.63) is 60.2 Å². The number of hydrogen-bond donors (Lipinski definition) is 1. The number of pyridine rings is 1. The molecule has 146 valence electrons. The summed E-state index contributed by atoms with van der Waals surface area (Å²) in [6.45, 7) is 2.11. The molecule has 2 aliphatic carbocycles. The zero-order valence-electron chi connectivity index (χ0n) is 16.1. The maximum atomic E-state index is 13.4. The molecule has 2 saturated carbocycles. The topological polar surface area (TPSA) is 50.2 Å². The van der Waals surface area contributed by atoms with Crippen LogP contribution in [-0.4, -0.2) is 16.1 Å². The van der Waals surface area contributed by atoms with Crippen LogP contribution in [-0.2, 0) is 4.79 Å². The minimum Gasteiger partial charge on any atom is -0.481 e. The fourth-order valence-electron chi connectivity index (χ4n) is 5.34. The Morgan fingerprint density at radius 1 is 1.21 bits per heavy atom. The number of carboxylic acid groups (broad SMARTS) is 1. The molecular formula is C24H26FNO2. The molecule has 1 aromatic carbocycles. The van der Waals surface area contributed by atoms with E-state index in [1.54, 1.807) is 12.3 Å². The minimum absolute atomic E-state index is 0.266. The maximum Gasteiger partial charge on any atom is 0.307 e. The van der Waals surface area contributed by atoms with Gasteiger partial charge in [-0.25, -0.2) is 4.39 Å². The summed E-state index contributed by atoms with van der Waals surface area (Å²) in [7, 11) is 0. The Morgan fingerprint density at radius 3 is 2.75 bits per heavy atom. The van der Waals surface area contributed by atoms with Crippen LogP contribution < -0.4 is 0 Å². The molecule has 0 amide bonds. The highest BCUT2D eigenvalue weighted by atomic mass is 19.1. The first-order valence-electron chi connectivity index (χ1n) is 10.1. The van der Waals surface area contributed by atoms with Gasteiger partial charge in [0.2, 0.25) is 0 Å². The molecule has 0 unspecified atom stereocenters. The van der Waals surface area contributed by atoms with Gasteiger partial charge in [0.1, 0.15) is 5.82 Å². The summed E-state index contributed by atoms with van der Waals surface area (Å²) in [4.78, 5) is 16.4. The number of fused-ring (bicyclic) bond motifs is 1. The zero-order chi connectivity index (χ0) is 19.7. The van der Waals surface area contributed by atoms with Gasteiger partial charge in [0.05, 0.1) is 11.6 Å². The van der Waals surface area contributed by atoms with Crippen LogP contribution in [0.5, 0.6) is 0 Å². The van der Waals surface area contributed by atoms with E-state index in [1.165, 1.54) is 25.0 Å². The number of carboxylic acids is 1. The Bertz CT molecular complexity index is 892. The predicted octanol–water partition coefficient (Wildman–Crippen LogP) is 5.82. The molecule has 2 fully saturated rings. The van der Waals surface area contributed by atoms with E-state index in [1.807, 2.05) is 24.3 Å². The first-order valence-corrected chi connectivity index (χ1v) is 10.1. The van der Waals surface area contributed by atoms with Crippen LogP contribution in [0.3, 0.4) is 0 Å². The highest BCUT2D eigenvalue weighted by Gasteiger charge is 2.53. The van der Waals surface area contributed by atoms with E-state index in [-0.39, 0.29) is 17.2 Å². The third-order valence-electron chi connectivity index (χ3n) is 6.85. The van der Waals surface area contributed by atoms with Gasteiger partial charge in [-0.2, -0.15) is 0 Å². The molecule has 0 saturated heterocycles. The van der Waals surface area contributed by atoms with Gasteiger partial charge in [-0.1, -0.05) is 50.5 Å². The molecule has 4 heteroatoms. The normalized spacial score (nSPS) is 29.7. The lowest BCUT2D eigenvalue weighted by molar-refractivity contribution is -0.144. The summed E-state index contributed by atoms with van der Waals surface area (Å²) in [5, 5.41) is 9.80. The van der Waals surface area contributed by atoms with Crippen molar-refractivity contribution in [2.24, 2.45) is 23.2 Å². The van der Waals surface area contributed by atoms with Crippen molar-refractivity contribution in [1.82, 2.24) is 4.98 Å². The quantitative estimate of drug-likeness (QED) is 0.728. The van der Waals surface area contributed by atoms with Crippen molar-refractivity contribution in [3.8, 4) is 11.1 Å². The number of benzene rings is 1. The number of halogens is 1. The number of nitrogens with zero attached hydrogens (tertiary/aromatic N) is 1. The highest BCUT2D eigenvalue weighted by molar-refractivity contribution is 5.73. The van der Waals surface area contributed by atoms with Crippen LogP contribution >= 0.6 is 0 Å². The van der Waals surface area contributed by atoms with E-state index >= 15 is 0 Å². The average Bonchev–Trinajstić information content (AvgIpc) is 3.00. The van der Waals surface area contributed by atoms with Crippen LogP contribution in [0.1, 0.15) is 44.7 Å². The monoisotopic (exact) mass is 379 g/mol. The van der Waals surface area contributed by atoms with Crippen molar-refractivity contribution < 1.29 is 14.3 Å². The lowest BCUT2D eigenvalue weighted by atomic mass is 9.68.